The van der Waals surface area contributed by atoms with Crippen LogP contribution in [0, 0.1) is 0 Å². The van der Waals surface area contributed by atoms with Crippen molar-refractivity contribution < 1.29 is 4.74 Å². The first-order chi connectivity index (χ1) is 9.78. The quantitative estimate of drug-likeness (QED) is 0.928. The first-order valence-corrected chi connectivity index (χ1v) is 7.29. The molecule has 0 amide bonds. The predicted molar refractivity (Wildman–Crippen MR) is 82.6 cm³/mol. The van der Waals surface area contributed by atoms with Crippen LogP contribution in [0.25, 0.3) is 0 Å². The molecule has 104 valence electrons. The van der Waals surface area contributed by atoms with Gasteiger partial charge in [-0.2, -0.15) is 0 Å². The van der Waals surface area contributed by atoms with Crippen LogP contribution in [0.1, 0.15) is 22.7 Å². The molecular formula is C17H18ClNO. The molecule has 1 heterocycles. The van der Waals surface area contributed by atoms with Gasteiger partial charge in [-0.1, -0.05) is 41.9 Å². The Morgan fingerprint density at radius 2 is 2.05 bits per heavy atom. The number of hydrogen-bond donors (Lipinski definition) is 1. The Balaban J connectivity index is 1.93. The molecule has 2 aromatic rings. The van der Waals surface area contributed by atoms with Crippen molar-refractivity contribution in [3.63, 3.8) is 0 Å². The van der Waals surface area contributed by atoms with Crippen LogP contribution in [-0.4, -0.2) is 13.7 Å². The van der Waals surface area contributed by atoms with Crippen molar-refractivity contribution in [3.8, 4) is 5.75 Å². The lowest BCUT2D eigenvalue weighted by Crippen LogP contribution is -2.31. The summed E-state index contributed by atoms with van der Waals surface area (Å²) in [5.74, 6) is 0.757. The summed E-state index contributed by atoms with van der Waals surface area (Å²) in [7, 11) is 1.66. The van der Waals surface area contributed by atoms with Gasteiger partial charge < -0.3 is 10.1 Å². The summed E-state index contributed by atoms with van der Waals surface area (Å²) in [6.07, 6.45) is 2.00. The molecule has 0 saturated carbocycles. The lowest BCUT2D eigenvalue weighted by Gasteiger charge is -2.28. The van der Waals surface area contributed by atoms with Crippen molar-refractivity contribution in [3.05, 3.63) is 64.2 Å². The summed E-state index contributed by atoms with van der Waals surface area (Å²) in [6, 6.07) is 15.0. The monoisotopic (exact) mass is 287 g/mol. The standard InChI is InChI=1S/C17H18ClNO/c1-20-17-11-14-13(10-15(17)18)7-8-19-16(14)9-12-5-3-2-4-6-12/h2-6,10-11,16,19H,7-9H2,1H3/t16-/m1/s1. The van der Waals surface area contributed by atoms with Gasteiger partial charge in [0.15, 0.2) is 0 Å². The normalized spacial score (nSPS) is 17.6. The Labute approximate surface area is 124 Å². The minimum absolute atomic E-state index is 0.326. The third-order valence-electron chi connectivity index (χ3n) is 3.86. The maximum absolute atomic E-state index is 6.22. The van der Waals surface area contributed by atoms with E-state index in [1.807, 2.05) is 0 Å². The van der Waals surface area contributed by atoms with Gasteiger partial charge in [0, 0.05) is 6.04 Å². The highest BCUT2D eigenvalue weighted by Gasteiger charge is 2.21. The van der Waals surface area contributed by atoms with Gasteiger partial charge in [-0.25, -0.2) is 0 Å². The van der Waals surface area contributed by atoms with Gasteiger partial charge in [0.05, 0.1) is 12.1 Å². The van der Waals surface area contributed by atoms with E-state index < -0.39 is 0 Å². The molecule has 20 heavy (non-hydrogen) atoms. The predicted octanol–water partition coefficient (Wildman–Crippen LogP) is 3.78. The van der Waals surface area contributed by atoms with Crippen molar-refractivity contribution in [2.24, 2.45) is 0 Å². The molecule has 0 radical (unpaired) electrons. The number of benzene rings is 2. The number of nitrogens with one attached hydrogen (secondary N) is 1. The fourth-order valence-corrected chi connectivity index (χ4v) is 3.09. The topological polar surface area (TPSA) is 21.3 Å². The van der Waals surface area contributed by atoms with Crippen molar-refractivity contribution in [2.75, 3.05) is 13.7 Å². The number of fused-ring (bicyclic) bond motifs is 1. The molecule has 0 spiro atoms. The summed E-state index contributed by atoms with van der Waals surface area (Å²) >= 11 is 6.22. The number of rotatable bonds is 3. The Hall–Kier alpha value is -1.51. The lowest BCUT2D eigenvalue weighted by molar-refractivity contribution is 0.411. The summed E-state index contributed by atoms with van der Waals surface area (Å²) < 4.78 is 5.35. The summed E-state index contributed by atoms with van der Waals surface area (Å²) in [6.45, 7) is 0.993. The largest absolute Gasteiger partial charge is 0.495 e. The van der Waals surface area contributed by atoms with Crippen molar-refractivity contribution in [1.82, 2.24) is 5.32 Å². The number of halogens is 1. The molecular weight excluding hydrogens is 270 g/mol. The van der Waals surface area contributed by atoms with Gasteiger partial charge in [0.1, 0.15) is 5.75 Å². The molecule has 1 N–H and O–H groups in total. The Morgan fingerprint density at radius 3 is 2.80 bits per heavy atom. The number of hydrogen-bond acceptors (Lipinski definition) is 2. The highest BCUT2D eigenvalue weighted by Crippen LogP contribution is 2.34. The van der Waals surface area contributed by atoms with Gasteiger partial charge >= 0.3 is 0 Å². The van der Waals surface area contributed by atoms with E-state index in [1.54, 1.807) is 7.11 Å². The second-order valence-corrected chi connectivity index (χ2v) is 5.54. The van der Waals surface area contributed by atoms with E-state index >= 15 is 0 Å². The minimum atomic E-state index is 0.326. The average molecular weight is 288 g/mol. The van der Waals surface area contributed by atoms with Crippen molar-refractivity contribution in [1.29, 1.82) is 0 Å². The molecule has 3 heteroatoms. The third kappa shape index (κ3) is 2.67. The zero-order valence-electron chi connectivity index (χ0n) is 11.5. The number of ether oxygens (including phenoxy) is 1. The lowest BCUT2D eigenvalue weighted by atomic mass is 9.90. The van der Waals surface area contributed by atoms with E-state index in [0.717, 1.165) is 25.1 Å². The highest BCUT2D eigenvalue weighted by atomic mass is 35.5. The second-order valence-electron chi connectivity index (χ2n) is 5.13. The van der Waals surface area contributed by atoms with E-state index in [4.69, 9.17) is 16.3 Å². The van der Waals surface area contributed by atoms with E-state index in [9.17, 15) is 0 Å². The SMILES string of the molecule is COc1cc2c(cc1Cl)CCN[C@@H]2Cc1ccccc1. The van der Waals surface area contributed by atoms with Gasteiger partial charge in [0.2, 0.25) is 0 Å². The van der Waals surface area contributed by atoms with Crippen molar-refractivity contribution in [2.45, 2.75) is 18.9 Å². The van der Waals surface area contributed by atoms with Gasteiger partial charge in [-0.3, -0.25) is 0 Å². The molecule has 0 aliphatic carbocycles. The fourth-order valence-electron chi connectivity index (χ4n) is 2.83. The summed E-state index contributed by atoms with van der Waals surface area (Å²) in [5, 5.41) is 4.30. The van der Waals surface area contributed by atoms with Crippen LogP contribution in [0.3, 0.4) is 0 Å². The van der Waals surface area contributed by atoms with Crippen molar-refractivity contribution >= 4 is 11.6 Å². The molecule has 1 aliphatic rings. The Bertz CT molecular complexity index is 597. The highest BCUT2D eigenvalue weighted by molar-refractivity contribution is 6.32. The Kier molecular flexibility index (Phi) is 3.95. The van der Waals surface area contributed by atoms with Crippen LogP contribution in [0.5, 0.6) is 5.75 Å². The molecule has 0 saturated heterocycles. The zero-order valence-corrected chi connectivity index (χ0v) is 12.3. The smallest absolute Gasteiger partial charge is 0.137 e. The van der Waals surface area contributed by atoms with Crippen LogP contribution < -0.4 is 10.1 Å². The van der Waals surface area contributed by atoms with Gasteiger partial charge in [-0.15, -0.1) is 0 Å². The van der Waals surface area contributed by atoms with Gasteiger partial charge in [-0.05, 0) is 48.2 Å². The molecule has 1 atom stereocenters. The minimum Gasteiger partial charge on any atom is -0.495 e. The van der Waals surface area contributed by atoms with E-state index in [-0.39, 0.29) is 0 Å². The molecule has 2 aromatic carbocycles. The second kappa shape index (κ2) is 5.86. The molecule has 0 bridgehead atoms. The van der Waals surface area contributed by atoms with Crippen LogP contribution in [0.4, 0.5) is 0 Å². The summed E-state index contributed by atoms with van der Waals surface area (Å²) in [4.78, 5) is 0. The van der Waals surface area contributed by atoms with E-state index in [1.165, 1.54) is 16.7 Å². The van der Waals surface area contributed by atoms with Crippen LogP contribution in [0.15, 0.2) is 42.5 Å². The number of methoxy groups -OCH3 is 1. The molecule has 2 nitrogen and oxygen atoms in total. The van der Waals surface area contributed by atoms with E-state index in [2.05, 4.69) is 47.8 Å². The van der Waals surface area contributed by atoms with Crippen LogP contribution in [0.2, 0.25) is 5.02 Å². The molecule has 0 fully saturated rings. The molecule has 0 unspecified atom stereocenters. The zero-order chi connectivity index (χ0) is 13.9. The summed E-state index contributed by atoms with van der Waals surface area (Å²) in [5.41, 5.74) is 3.98. The Morgan fingerprint density at radius 1 is 1.25 bits per heavy atom. The molecule has 0 aromatic heterocycles. The molecule has 1 aliphatic heterocycles. The fraction of sp³-hybridized carbons (Fsp3) is 0.294. The first-order valence-electron chi connectivity index (χ1n) is 6.91. The third-order valence-corrected chi connectivity index (χ3v) is 4.15. The molecule has 3 rings (SSSR count). The van der Waals surface area contributed by atoms with Crippen LogP contribution >= 0.6 is 11.6 Å². The van der Waals surface area contributed by atoms with Gasteiger partial charge in [0.25, 0.3) is 0 Å². The van der Waals surface area contributed by atoms with E-state index in [0.29, 0.717) is 11.1 Å². The van der Waals surface area contributed by atoms with Crippen LogP contribution in [-0.2, 0) is 12.8 Å². The average Bonchev–Trinajstić information content (AvgIpc) is 2.48. The first kappa shape index (κ1) is 13.5. The maximum Gasteiger partial charge on any atom is 0.137 e. The maximum atomic E-state index is 6.22.